The number of thiazole rings is 1. The molecule has 0 atom stereocenters. The average molecular weight is 383 g/mol. The van der Waals surface area contributed by atoms with Crippen LogP contribution in [0.2, 0.25) is 5.02 Å². The summed E-state index contributed by atoms with van der Waals surface area (Å²) in [6.45, 7) is 0. The molecule has 3 rings (SSSR count). The highest BCUT2D eigenvalue weighted by Crippen LogP contribution is 2.27. The molecule has 0 aliphatic rings. The smallest absolute Gasteiger partial charge is 0.269 e. The van der Waals surface area contributed by atoms with Crippen LogP contribution in [-0.2, 0) is 0 Å². The largest absolute Gasteiger partial charge is 0.360 e. The van der Waals surface area contributed by atoms with Crippen LogP contribution in [0.15, 0.2) is 60.1 Å². The molecule has 0 aliphatic carbocycles. The molecule has 0 aliphatic heterocycles. The molecule has 8 heteroatoms. The lowest BCUT2D eigenvalue weighted by Crippen LogP contribution is -1.91. The fourth-order valence-corrected chi connectivity index (χ4v) is 3.14. The number of benzene rings is 2. The number of hydrogen-bond acceptors (Lipinski definition) is 6. The van der Waals surface area contributed by atoms with Crippen LogP contribution in [-0.4, -0.2) is 9.91 Å². The number of nitro groups is 1. The second kappa shape index (κ2) is 7.78. The van der Waals surface area contributed by atoms with Gasteiger partial charge in [-0.25, -0.2) is 4.98 Å². The molecule has 6 nitrogen and oxygen atoms in total. The lowest BCUT2D eigenvalue weighted by Gasteiger charge is -2.01. The maximum absolute atomic E-state index is 10.7. The fourth-order valence-electron chi connectivity index (χ4n) is 2.16. The molecule has 1 aromatic heterocycles. The molecule has 0 fully saturated rings. The topological polar surface area (TPSA) is 91.8 Å². The number of rotatable bonds is 5. The van der Waals surface area contributed by atoms with Gasteiger partial charge >= 0.3 is 0 Å². The Morgan fingerprint density at radius 3 is 2.73 bits per heavy atom. The van der Waals surface area contributed by atoms with E-state index in [1.165, 1.54) is 23.5 Å². The van der Waals surface area contributed by atoms with Crippen LogP contribution in [0, 0.1) is 21.4 Å². The summed E-state index contributed by atoms with van der Waals surface area (Å²) in [5.74, 6) is 0. The van der Waals surface area contributed by atoms with Gasteiger partial charge in [0.25, 0.3) is 5.69 Å². The molecule has 1 N–H and O–H groups in total. The van der Waals surface area contributed by atoms with E-state index in [1.54, 1.807) is 41.9 Å². The van der Waals surface area contributed by atoms with Crippen molar-refractivity contribution in [3.63, 3.8) is 0 Å². The third-order valence-electron chi connectivity index (χ3n) is 3.44. The SMILES string of the molecule is N#C/C(=C\Nc1cccc(Cl)c1)c1nc(-c2ccc([N+](=O)[O-])cc2)cs1. The first-order valence-corrected chi connectivity index (χ1v) is 8.65. The summed E-state index contributed by atoms with van der Waals surface area (Å²) in [5, 5.41) is 26.1. The maximum Gasteiger partial charge on any atom is 0.269 e. The summed E-state index contributed by atoms with van der Waals surface area (Å²) in [7, 11) is 0. The van der Waals surface area contributed by atoms with Crippen molar-refractivity contribution in [2.75, 3.05) is 5.32 Å². The van der Waals surface area contributed by atoms with E-state index in [2.05, 4.69) is 16.4 Å². The van der Waals surface area contributed by atoms with Gasteiger partial charge in [0.1, 0.15) is 16.6 Å². The highest BCUT2D eigenvalue weighted by atomic mass is 35.5. The van der Waals surface area contributed by atoms with Gasteiger partial charge in [-0.05, 0) is 30.3 Å². The van der Waals surface area contributed by atoms with Crippen LogP contribution in [0.25, 0.3) is 16.8 Å². The molecule has 0 unspecified atom stereocenters. The van der Waals surface area contributed by atoms with E-state index >= 15 is 0 Å². The van der Waals surface area contributed by atoms with E-state index < -0.39 is 4.92 Å². The number of anilines is 1. The molecule has 0 radical (unpaired) electrons. The Bertz CT molecular complexity index is 1020. The number of hydrogen-bond donors (Lipinski definition) is 1. The summed E-state index contributed by atoms with van der Waals surface area (Å²) < 4.78 is 0. The van der Waals surface area contributed by atoms with Gasteiger partial charge in [0.05, 0.1) is 10.6 Å². The summed E-state index contributed by atoms with van der Waals surface area (Å²) in [6.07, 6.45) is 1.57. The number of nitro benzene ring substituents is 1. The number of nitrogens with one attached hydrogen (secondary N) is 1. The highest BCUT2D eigenvalue weighted by Gasteiger charge is 2.11. The molecule has 128 valence electrons. The van der Waals surface area contributed by atoms with Crippen LogP contribution in [0.1, 0.15) is 5.01 Å². The Kier molecular flexibility index (Phi) is 5.27. The Balaban J connectivity index is 1.81. The van der Waals surface area contributed by atoms with E-state index in [4.69, 9.17) is 11.6 Å². The first-order valence-electron chi connectivity index (χ1n) is 7.40. The quantitative estimate of drug-likeness (QED) is 0.365. The molecule has 0 saturated carbocycles. The molecule has 0 bridgehead atoms. The monoisotopic (exact) mass is 382 g/mol. The number of nitrogens with zero attached hydrogens (tertiary/aromatic N) is 3. The van der Waals surface area contributed by atoms with Crippen molar-refractivity contribution < 1.29 is 4.92 Å². The number of allylic oxidation sites excluding steroid dienone is 1. The molecule has 3 aromatic rings. The normalized spacial score (nSPS) is 11.0. The van der Waals surface area contributed by atoms with Crippen molar-refractivity contribution in [2.24, 2.45) is 0 Å². The third kappa shape index (κ3) is 4.06. The van der Waals surface area contributed by atoms with Crippen molar-refractivity contribution in [2.45, 2.75) is 0 Å². The van der Waals surface area contributed by atoms with E-state index in [0.29, 0.717) is 21.3 Å². The lowest BCUT2D eigenvalue weighted by molar-refractivity contribution is -0.384. The zero-order valence-corrected chi connectivity index (χ0v) is 14.8. The van der Waals surface area contributed by atoms with Gasteiger partial charge in [0.2, 0.25) is 0 Å². The van der Waals surface area contributed by atoms with Crippen molar-refractivity contribution in [3.8, 4) is 17.3 Å². The van der Waals surface area contributed by atoms with E-state index in [1.807, 2.05) is 6.07 Å². The van der Waals surface area contributed by atoms with Gasteiger partial charge in [-0.2, -0.15) is 5.26 Å². The molecule has 26 heavy (non-hydrogen) atoms. The second-order valence-corrected chi connectivity index (χ2v) is 6.46. The van der Waals surface area contributed by atoms with Crippen molar-refractivity contribution in [1.29, 1.82) is 5.26 Å². The molecule has 1 heterocycles. The zero-order valence-electron chi connectivity index (χ0n) is 13.2. The minimum absolute atomic E-state index is 0.0209. The number of non-ortho nitro benzene ring substituents is 1. The van der Waals surface area contributed by atoms with Crippen LogP contribution in [0.3, 0.4) is 0 Å². The standard InChI is InChI=1S/C18H11ClN4O2S/c19-14-2-1-3-15(8-14)21-10-13(9-20)18-22-17(11-26-18)12-4-6-16(7-5-12)23(24)25/h1-8,10-11,21H/b13-10+. The van der Waals surface area contributed by atoms with Crippen LogP contribution in [0.5, 0.6) is 0 Å². The summed E-state index contributed by atoms with van der Waals surface area (Å²) in [5.41, 5.74) is 2.56. The Morgan fingerprint density at radius 1 is 1.31 bits per heavy atom. The molecule has 0 amide bonds. The van der Waals surface area contributed by atoms with E-state index in [9.17, 15) is 15.4 Å². The molecular weight excluding hydrogens is 372 g/mol. The van der Waals surface area contributed by atoms with Crippen molar-refractivity contribution >= 4 is 39.9 Å². The predicted molar refractivity (Wildman–Crippen MR) is 103 cm³/mol. The molecular formula is C18H11ClN4O2S. The molecule has 2 aromatic carbocycles. The molecule has 0 saturated heterocycles. The van der Waals surface area contributed by atoms with Crippen LogP contribution < -0.4 is 5.32 Å². The van der Waals surface area contributed by atoms with Crippen LogP contribution in [0.4, 0.5) is 11.4 Å². The Hall–Kier alpha value is -3.21. The first kappa shape index (κ1) is 17.6. The summed E-state index contributed by atoms with van der Waals surface area (Å²) in [6, 6.07) is 15.4. The summed E-state index contributed by atoms with van der Waals surface area (Å²) >= 11 is 7.26. The zero-order chi connectivity index (χ0) is 18.5. The van der Waals surface area contributed by atoms with Gasteiger partial charge in [-0.1, -0.05) is 17.7 Å². The fraction of sp³-hybridized carbons (Fsp3) is 0. The third-order valence-corrected chi connectivity index (χ3v) is 4.55. The highest BCUT2D eigenvalue weighted by molar-refractivity contribution is 7.11. The van der Waals surface area contributed by atoms with Gasteiger partial charge in [-0.3, -0.25) is 10.1 Å². The van der Waals surface area contributed by atoms with Gasteiger partial charge in [-0.15, -0.1) is 11.3 Å². The first-order chi connectivity index (χ1) is 12.6. The Labute approximate surface area is 158 Å². The summed E-state index contributed by atoms with van der Waals surface area (Å²) in [4.78, 5) is 14.7. The van der Waals surface area contributed by atoms with E-state index in [-0.39, 0.29) is 5.69 Å². The van der Waals surface area contributed by atoms with Crippen LogP contribution >= 0.6 is 22.9 Å². The predicted octanol–water partition coefficient (Wildman–Crippen LogP) is 5.35. The number of aromatic nitrogens is 1. The lowest BCUT2D eigenvalue weighted by atomic mass is 10.1. The second-order valence-electron chi connectivity index (χ2n) is 5.17. The number of nitriles is 1. The van der Waals surface area contributed by atoms with E-state index in [0.717, 1.165) is 11.3 Å². The molecule has 0 spiro atoms. The minimum atomic E-state index is -0.450. The Morgan fingerprint density at radius 2 is 2.08 bits per heavy atom. The number of halogens is 1. The van der Waals surface area contributed by atoms with Crippen molar-refractivity contribution in [1.82, 2.24) is 4.98 Å². The average Bonchev–Trinajstić information content (AvgIpc) is 3.12. The maximum atomic E-state index is 10.7. The van der Waals surface area contributed by atoms with Gasteiger partial charge in [0.15, 0.2) is 0 Å². The minimum Gasteiger partial charge on any atom is -0.360 e. The van der Waals surface area contributed by atoms with Crippen molar-refractivity contribution in [3.05, 3.63) is 80.3 Å². The van der Waals surface area contributed by atoms with Gasteiger partial charge < -0.3 is 5.32 Å². The van der Waals surface area contributed by atoms with Gasteiger partial charge in [0, 0.05) is 40.0 Å².